The average molecular weight is 215 g/mol. The van der Waals surface area contributed by atoms with Crippen molar-refractivity contribution in [3.05, 3.63) is 24.3 Å². The minimum Gasteiger partial charge on any atom is -0.397 e. The highest BCUT2D eigenvalue weighted by molar-refractivity contribution is 5.85. The van der Waals surface area contributed by atoms with Crippen LogP contribution in [0, 0.1) is 0 Å². The standard InChI is InChI=1S/C6H8N2.2ClH.H2O2/c7-5-3-1-2-4-6(5)8;;;1-2/h1-4H,7-8H2;2*1H;1-2H. The highest BCUT2D eigenvalue weighted by atomic mass is 35.5. The Balaban J connectivity index is -0.000000189. The number of nitrogen functional groups attached to an aromatic ring is 2. The van der Waals surface area contributed by atoms with Crippen LogP contribution in [0.4, 0.5) is 11.4 Å². The van der Waals surface area contributed by atoms with Gasteiger partial charge in [0.05, 0.1) is 11.4 Å². The maximum atomic E-state index is 6.00. The summed E-state index contributed by atoms with van der Waals surface area (Å²) in [6, 6.07) is 7.25. The first-order valence-electron chi connectivity index (χ1n) is 2.60. The van der Waals surface area contributed by atoms with Crippen LogP contribution >= 0.6 is 24.8 Å². The topological polar surface area (TPSA) is 92.5 Å². The number of rotatable bonds is 0. The summed E-state index contributed by atoms with van der Waals surface area (Å²) in [4.78, 5) is 0. The fraction of sp³-hybridized carbons (Fsp3) is 0. The van der Waals surface area contributed by atoms with E-state index in [1.807, 2.05) is 12.1 Å². The molecule has 12 heavy (non-hydrogen) atoms. The molecule has 0 saturated carbocycles. The predicted molar refractivity (Wildman–Crippen MR) is 55.0 cm³/mol. The lowest BCUT2D eigenvalue weighted by molar-refractivity contribution is -0.176. The molecule has 1 rings (SSSR count). The van der Waals surface area contributed by atoms with Crippen LogP contribution < -0.4 is 11.5 Å². The SMILES string of the molecule is Cl.Cl.Nc1ccccc1N.OO. The molecular formula is C6H12Cl2N2O2. The second kappa shape index (κ2) is 10.3. The highest BCUT2D eigenvalue weighted by Gasteiger charge is 1.85. The molecule has 0 saturated heterocycles. The number of hydrogen-bond acceptors (Lipinski definition) is 4. The lowest BCUT2D eigenvalue weighted by Gasteiger charge is -1.94. The molecule has 0 aliphatic rings. The van der Waals surface area contributed by atoms with Gasteiger partial charge in [0.25, 0.3) is 0 Å². The van der Waals surface area contributed by atoms with E-state index in [1.54, 1.807) is 12.1 Å². The summed E-state index contributed by atoms with van der Waals surface area (Å²) < 4.78 is 0. The molecule has 1 aromatic carbocycles. The molecule has 0 unspecified atom stereocenters. The van der Waals surface area contributed by atoms with E-state index < -0.39 is 0 Å². The largest absolute Gasteiger partial charge is 0.397 e. The molecule has 1 aromatic rings. The Kier molecular flexibility index (Phi) is 15.0. The molecule has 0 fully saturated rings. The van der Waals surface area contributed by atoms with Crippen LogP contribution in [0.2, 0.25) is 0 Å². The van der Waals surface area contributed by atoms with Crippen molar-refractivity contribution in [1.82, 2.24) is 0 Å². The first kappa shape index (κ1) is 17.4. The average Bonchev–Trinajstić information content (AvgIpc) is 2.00. The monoisotopic (exact) mass is 214 g/mol. The normalized spacial score (nSPS) is 6.50. The van der Waals surface area contributed by atoms with Gasteiger partial charge in [-0.2, -0.15) is 0 Å². The molecule has 0 aliphatic heterocycles. The number of benzene rings is 1. The van der Waals surface area contributed by atoms with Gasteiger partial charge in [0, 0.05) is 0 Å². The minimum absolute atomic E-state index is 0. The van der Waals surface area contributed by atoms with Crippen molar-refractivity contribution < 1.29 is 10.5 Å². The Bertz CT molecular complexity index is 178. The molecule has 0 heterocycles. The second-order valence-corrected chi connectivity index (χ2v) is 1.63. The van der Waals surface area contributed by atoms with Crippen molar-refractivity contribution in [2.24, 2.45) is 0 Å². The molecule has 0 bridgehead atoms. The van der Waals surface area contributed by atoms with Gasteiger partial charge in [0.2, 0.25) is 0 Å². The van der Waals surface area contributed by atoms with Crippen LogP contribution in [0.1, 0.15) is 0 Å². The molecule has 72 valence electrons. The molecular weight excluding hydrogens is 203 g/mol. The molecule has 6 heteroatoms. The van der Waals surface area contributed by atoms with E-state index in [-0.39, 0.29) is 24.8 Å². The van der Waals surface area contributed by atoms with Crippen molar-refractivity contribution in [3.8, 4) is 0 Å². The fourth-order valence-corrected chi connectivity index (χ4v) is 0.511. The Morgan fingerprint density at radius 1 is 0.833 bits per heavy atom. The van der Waals surface area contributed by atoms with Gasteiger partial charge in [-0.1, -0.05) is 12.1 Å². The molecule has 4 nitrogen and oxygen atoms in total. The van der Waals surface area contributed by atoms with E-state index in [2.05, 4.69) is 0 Å². The Hall–Kier alpha value is -0.680. The Morgan fingerprint density at radius 3 is 1.25 bits per heavy atom. The Labute approximate surface area is 82.9 Å². The lowest BCUT2D eigenvalue weighted by Crippen LogP contribution is -1.91. The zero-order chi connectivity index (χ0) is 7.98. The smallest absolute Gasteiger partial charge is 0.0547 e. The van der Waals surface area contributed by atoms with Crippen molar-refractivity contribution >= 4 is 36.2 Å². The zero-order valence-corrected chi connectivity index (χ0v) is 7.81. The van der Waals surface area contributed by atoms with E-state index in [0.717, 1.165) is 0 Å². The third-order valence-electron chi connectivity index (χ3n) is 0.996. The fourth-order valence-electron chi connectivity index (χ4n) is 0.511. The third kappa shape index (κ3) is 6.06. The molecule has 0 aliphatic carbocycles. The third-order valence-corrected chi connectivity index (χ3v) is 0.996. The van der Waals surface area contributed by atoms with Gasteiger partial charge in [0.1, 0.15) is 0 Å². The molecule has 0 atom stereocenters. The lowest BCUT2D eigenvalue weighted by atomic mass is 10.3. The quantitative estimate of drug-likeness (QED) is 0.301. The highest BCUT2D eigenvalue weighted by Crippen LogP contribution is 2.10. The molecule has 0 aromatic heterocycles. The van der Waals surface area contributed by atoms with Gasteiger partial charge in [-0.3, -0.25) is 10.5 Å². The molecule has 0 radical (unpaired) electrons. The summed E-state index contributed by atoms with van der Waals surface area (Å²) in [5, 5.41) is 12.0. The van der Waals surface area contributed by atoms with E-state index in [1.165, 1.54) is 0 Å². The summed E-state index contributed by atoms with van der Waals surface area (Å²) in [6.45, 7) is 0. The van der Waals surface area contributed by atoms with Crippen LogP contribution in [0.5, 0.6) is 0 Å². The number of halogens is 2. The summed E-state index contributed by atoms with van der Waals surface area (Å²) in [6.07, 6.45) is 0. The maximum Gasteiger partial charge on any atom is 0.0547 e. The van der Waals surface area contributed by atoms with Gasteiger partial charge >= 0.3 is 0 Å². The molecule has 0 amide bonds. The van der Waals surface area contributed by atoms with Gasteiger partial charge in [-0.15, -0.1) is 24.8 Å². The van der Waals surface area contributed by atoms with Crippen LogP contribution in [-0.4, -0.2) is 10.5 Å². The number of nitrogens with two attached hydrogens (primary N) is 2. The Morgan fingerprint density at radius 2 is 1.08 bits per heavy atom. The number of para-hydroxylation sites is 2. The van der Waals surface area contributed by atoms with Crippen molar-refractivity contribution in [3.63, 3.8) is 0 Å². The van der Waals surface area contributed by atoms with Crippen LogP contribution in [0.25, 0.3) is 0 Å². The van der Waals surface area contributed by atoms with E-state index in [0.29, 0.717) is 11.4 Å². The molecule has 0 spiro atoms. The van der Waals surface area contributed by atoms with Crippen molar-refractivity contribution in [2.45, 2.75) is 0 Å². The second-order valence-electron chi connectivity index (χ2n) is 1.63. The van der Waals surface area contributed by atoms with Crippen LogP contribution in [0.15, 0.2) is 24.3 Å². The number of hydrogen-bond donors (Lipinski definition) is 4. The van der Waals surface area contributed by atoms with Crippen molar-refractivity contribution in [1.29, 1.82) is 0 Å². The summed E-state index contributed by atoms with van der Waals surface area (Å²) in [7, 11) is 0. The van der Waals surface area contributed by atoms with Crippen molar-refractivity contribution in [2.75, 3.05) is 11.5 Å². The van der Waals surface area contributed by atoms with Gasteiger partial charge < -0.3 is 11.5 Å². The summed E-state index contributed by atoms with van der Waals surface area (Å²) in [5.74, 6) is 0. The van der Waals surface area contributed by atoms with E-state index in [4.69, 9.17) is 22.0 Å². The van der Waals surface area contributed by atoms with E-state index >= 15 is 0 Å². The first-order chi connectivity index (χ1) is 4.80. The predicted octanol–water partition coefficient (Wildman–Crippen LogP) is 1.71. The van der Waals surface area contributed by atoms with Gasteiger partial charge in [0.15, 0.2) is 0 Å². The van der Waals surface area contributed by atoms with Gasteiger partial charge in [-0.25, -0.2) is 0 Å². The summed E-state index contributed by atoms with van der Waals surface area (Å²) >= 11 is 0. The van der Waals surface area contributed by atoms with E-state index in [9.17, 15) is 0 Å². The zero-order valence-electron chi connectivity index (χ0n) is 6.18. The minimum atomic E-state index is 0. The number of anilines is 2. The molecule has 6 N–H and O–H groups in total. The van der Waals surface area contributed by atoms with Crippen LogP contribution in [0.3, 0.4) is 0 Å². The van der Waals surface area contributed by atoms with Crippen LogP contribution in [-0.2, 0) is 0 Å². The first-order valence-corrected chi connectivity index (χ1v) is 2.60. The summed E-state index contributed by atoms with van der Waals surface area (Å²) in [5.41, 5.74) is 12.1. The maximum absolute atomic E-state index is 6.00. The van der Waals surface area contributed by atoms with Gasteiger partial charge in [-0.05, 0) is 12.1 Å².